The zero-order valence-corrected chi connectivity index (χ0v) is 18.9. The molecule has 2 amide bonds. The molecule has 6 heteroatoms. The third kappa shape index (κ3) is 4.85. The molecule has 1 saturated carbocycles. The van der Waals surface area contributed by atoms with Crippen molar-refractivity contribution in [2.24, 2.45) is 5.92 Å². The van der Waals surface area contributed by atoms with Gasteiger partial charge in [-0.1, -0.05) is 49.6 Å². The highest BCUT2D eigenvalue weighted by molar-refractivity contribution is 5.88. The molecule has 1 atom stereocenters. The number of rotatable bonds is 6. The number of amides is 2. The molecule has 32 heavy (non-hydrogen) atoms. The van der Waals surface area contributed by atoms with Crippen molar-refractivity contribution in [1.82, 2.24) is 15.2 Å². The number of nitrogens with zero attached hydrogens (tertiary/aromatic N) is 2. The molecule has 6 nitrogen and oxygen atoms in total. The van der Waals surface area contributed by atoms with Crippen molar-refractivity contribution >= 4 is 11.8 Å². The number of pyridine rings is 1. The molecule has 1 aromatic heterocycles. The predicted octanol–water partition coefficient (Wildman–Crippen LogP) is 3.61. The van der Waals surface area contributed by atoms with Crippen LogP contribution in [0.15, 0.2) is 48.8 Å². The summed E-state index contributed by atoms with van der Waals surface area (Å²) in [6, 6.07) is 12.0. The Hall–Kier alpha value is -2.73. The molecule has 2 heterocycles. The monoisotopic (exact) mass is 435 g/mol. The van der Waals surface area contributed by atoms with Gasteiger partial charge in [-0.3, -0.25) is 14.6 Å². The largest absolute Gasteiger partial charge is 0.361 e. The maximum atomic E-state index is 13.3. The molecule has 4 rings (SSSR count). The van der Waals surface area contributed by atoms with E-state index >= 15 is 0 Å². The number of hydrogen-bond donors (Lipinski definition) is 1. The molecule has 1 N–H and O–H groups in total. The van der Waals surface area contributed by atoms with Crippen LogP contribution >= 0.6 is 0 Å². The zero-order chi connectivity index (χ0) is 22.4. The number of aromatic nitrogens is 1. The summed E-state index contributed by atoms with van der Waals surface area (Å²) in [6.45, 7) is 3.62. The van der Waals surface area contributed by atoms with Crippen LogP contribution in [0.1, 0.15) is 44.6 Å². The van der Waals surface area contributed by atoms with Crippen molar-refractivity contribution in [2.75, 3.05) is 26.2 Å². The molecule has 1 aliphatic heterocycles. The Kier molecular flexibility index (Phi) is 7.20. The van der Waals surface area contributed by atoms with Crippen LogP contribution in [0, 0.1) is 5.92 Å². The summed E-state index contributed by atoms with van der Waals surface area (Å²) < 4.78 is 6.22. The van der Waals surface area contributed by atoms with E-state index in [2.05, 4.69) is 10.3 Å². The van der Waals surface area contributed by atoms with E-state index in [-0.39, 0.29) is 24.3 Å². The Morgan fingerprint density at radius 3 is 2.72 bits per heavy atom. The molecule has 2 aliphatic rings. The van der Waals surface area contributed by atoms with Gasteiger partial charge >= 0.3 is 0 Å². The first-order valence-corrected chi connectivity index (χ1v) is 11.8. The lowest BCUT2D eigenvalue weighted by Gasteiger charge is -2.43. The SMILES string of the molecule is CCNC(=O)[C@@]1(Cc2ccccc2-c2cccnc2)CN(C(=O)C2CCCCC2)CCO1. The van der Waals surface area contributed by atoms with E-state index in [1.807, 2.05) is 54.4 Å². The second kappa shape index (κ2) is 10.3. The smallest absolute Gasteiger partial charge is 0.254 e. The minimum absolute atomic E-state index is 0.0801. The number of benzene rings is 1. The molecule has 0 radical (unpaired) electrons. The Morgan fingerprint density at radius 2 is 1.97 bits per heavy atom. The molecule has 1 saturated heterocycles. The number of ether oxygens (including phenoxy) is 1. The van der Waals surface area contributed by atoms with Crippen LogP contribution in [-0.4, -0.2) is 53.5 Å². The summed E-state index contributed by atoms with van der Waals surface area (Å²) in [7, 11) is 0. The van der Waals surface area contributed by atoms with Crippen molar-refractivity contribution in [3.05, 3.63) is 54.4 Å². The molecule has 0 spiro atoms. The van der Waals surface area contributed by atoms with Crippen molar-refractivity contribution in [2.45, 2.75) is 51.0 Å². The zero-order valence-electron chi connectivity index (χ0n) is 18.9. The van der Waals surface area contributed by atoms with E-state index in [1.165, 1.54) is 6.42 Å². The fourth-order valence-electron chi connectivity index (χ4n) is 5.01. The van der Waals surface area contributed by atoms with E-state index in [9.17, 15) is 9.59 Å². The molecule has 0 unspecified atom stereocenters. The maximum absolute atomic E-state index is 13.3. The minimum atomic E-state index is -1.10. The highest BCUT2D eigenvalue weighted by atomic mass is 16.5. The van der Waals surface area contributed by atoms with E-state index < -0.39 is 5.60 Å². The van der Waals surface area contributed by atoms with Gasteiger partial charge in [-0.2, -0.15) is 0 Å². The number of likely N-dealkylation sites (N-methyl/N-ethyl adjacent to an activating group) is 1. The Morgan fingerprint density at radius 1 is 1.16 bits per heavy atom. The van der Waals surface area contributed by atoms with Gasteiger partial charge in [0.2, 0.25) is 5.91 Å². The molecular formula is C26H33N3O3. The van der Waals surface area contributed by atoms with E-state index in [1.54, 1.807) is 6.20 Å². The third-order valence-corrected chi connectivity index (χ3v) is 6.67. The number of carbonyl (C=O) groups is 2. The third-order valence-electron chi connectivity index (χ3n) is 6.67. The van der Waals surface area contributed by atoms with Gasteiger partial charge in [0.05, 0.1) is 13.2 Å². The van der Waals surface area contributed by atoms with Crippen LogP contribution in [0.4, 0.5) is 0 Å². The molecule has 2 aromatic rings. The highest BCUT2D eigenvalue weighted by Crippen LogP contribution is 2.32. The maximum Gasteiger partial charge on any atom is 0.254 e. The first-order valence-electron chi connectivity index (χ1n) is 11.8. The summed E-state index contributed by atoms with van der Waals surface area (Å²) >= 11 is 0. The molecular weight excluding hydrogens is 402 g/mol. The summed E-state index contributed by atoms with van der Waals surface area (Å²) in [5, 5.41) is 2.96. The molecule has 0 bridgehead atoms. The van der Waals surface area contributed by atoms with Gasteiger partial charge in [-0.15, -0.1) is 0 Å². The second-order valence-electron chi connectivity index (χ2n) is 8.87. The molecule has 1 aromatic carbocycles. The first-order chi connectivity index (χ1) is 15.6. The van der Waals surface area contributed by atoms with Crippen molar-refractivity contribution in [1.29, 1.82) is 0 Å². The number of nitrogens with one attached hydrogen (secondary N) is 1. The number of morpholine rings is 1. The van der Waals surface area contributed by atoms with Crippen LogP contribution < -0.4 is 5.32 Å². The predicted molar refractivity (Wildman–Crippen MR) is 124 cm³/mol. The van der Waals surface area contributed by atoms with Crippen LogP contribution in [0.2, 0.25) is 0 Å². The molecule has 2 fully saturated rings. The Labute approximate surface area is 190 Å². The van der Waals surface area contributed by atoms with Crippen LogP contribution in [0.3, 0.4) is 0 Å². The average molecular weight is 436 g/mol. The quantitative estimate of drug-likeness (QED) is 0.753. The normalized spacial score (nSPS) is 21.8. The van der Waals surface area contributed by atoms with Gasteiger partial charge in [-0.05, 0) is 37.0 Å². The van der Waals surface area contributed by atoms with Crippen molar-refractivity contribution < 1.29 is 14.3 Å². The Balaban J connectivity index is 1.63. The summed E-state index contributed by atoms with van der Waals surface area (Å²) in [5.41, 5.74) is 1.94. The van der Waals surface area contributed by atoms with Crippen LogP contribution in [0.5, 0.6) is 0 Å². The van der Waals surface area contributed by atoms with Gasteiger partial charge in [-0.25, -0.2) is 0 Å². The van der Waals surface area contributed by atoms with Gasteiger partial charge in [0.25, 0.3) is 5.91 Å². The van der Waals surface area contributed by atoms with Crippen molar-refractivity contribution in [3.63, 3.8) is 0 Å². The van der Waals surface area contributed by atoms with Gasteiger partial charge in [0.1, 0.15) is 0 Å². The highest BCUT2D eigenvalue weighted by Gasteiger charge is 2.46. The summed E-state index contributed by atoms with van der Waals surface area (Å²) in [5.74, 6) is 0.112. The summed E-state index contributed by atoms with van der Waals surface area (Å²) in [6.07, 6.45) is 9.32. The number of hydrogen-bond acceptors (Lipinski definition) is 4. The number of carbonyl (C=O) groups excluding carboxylic acids is 2. The lowest BCUT2D eigenvalue weighted by atomic mass is 9.85. The van der Waals surface area contributed by atoms with Crippen molar-refractivity contribution in [3.8, 4) is 11.1 Å². The average Bonchev–Trinajstić information content (AvgIpc) is 2.85. The summed E-state index contributed by atoms with van der Waals surface area (Å²) in [4.78, 5) is 32.8. The fourth-order valence-corrected chi connectivity index (χ4v) is 5.01. The lowest BCUT2D eigenvalue weighted by Crippen LogP contribution is -2.62. The van der Waals surface area contributed by atoms with Gasteiger partial charge < -0.3 is 15.0 Å². The first kappa shape index (κ1) is 22.5. The molecule has 1 aliphatic carbocycles. The van der Waals surface area contributed by atoms with Gasteiger partial charge in [0.15, 0.2) is 5.60 Å². The fraction of sp³-hybridized carbons (Fsp3) is 0.500. The van der Waals surface area contributed by atoms with Crippen LogP contribution in [-0.2, 0) is 20.7 Å². The minimum Gasteiger partial charge on any atom is -0.361 e. The van der Waals surface area contributed by atoms with E-state index in [0.717, 1.165) is 42.4 Å². The standard InChI is InChI=1S/C26H33N3O3/c1-2-28-25(31)26(17-21-11-6-7-13-23(21)22-12-8-14-27-18-22)19-29(15-16-32-26)24(30)20-9-4-3-5-10-20/h6-8,11-14,18,20H,2-5,9-10,15-17,19H2,1H3,(H,28,31)/t26-/m1/s1. The second-order valence-corrected chi connectivity index (χ2v) is 8.87. The topological polar surface area (TPSA) is 71.5 Å². The Bertz CT molecular complexity index is 927. The van der Waals surface area contributed by atoms with Gasteiger partial charge in [0, 0.05) is 43.4 Å². The lowest BCUT2D eigenvalue weighted by molar-refractivity contribution is -0.168. The van der Waals surface area contributed by atoms with E-state index in [4.69, 9.17) is 4.74 Å². The van der Waals surface area contributed by atoms with E-state index in [0.29, 0.717) is 26.1 Å². The van der Waals surface area contributed by atoms with Crippen LogP contribution in [0.25, 0.3) is 11.1 Å². The molecule has 170 valence electrons.